The van der Waals surface area contributed by atoms with Gasteiger partial charge in [-0.15, -0.1) is 11.3 Å². The Kier molecular flexibility index (Phi) is 5.99. The molecular weight excluding hydrogens is 284 g/mol. The van der Waals surface area contributed by atoms with Crippen molar-refractivity contribution in [3.05, 3.63) is 11.1 Å². The molecule has 5 nitrogen and oxygen atoms in total. The largest absolute Gasteiger partial charge is 0.325 e. The first-order chi connectivity index (χ1) is 10.1. The monoisotopic (exact) mass is 310 g/mol. The van der Waals surface area contributed by atoms with E-state index in [-0.39, 0.29) is 6.03 Å². The van der Waals surface area contributed by atoms with Crippen molar-refractivity contribution < 1.29 is 4.79 Å². The van der Waals surface area contributed by atoms with Crippen LogP contribution in [0.3, 0.4) is 0 Å². The molecule has 1 aromatic heterocycles. The quantitative estimate of drug-likeness (QED) is 0.907. The number of nitrogens with one attached hydrogen (secondary N) is 1. The Morgan fingerprint density at radius 2 is 2.24 bits per heavy atom. The van der Waals surface area contributed by atoms with E-state index in [1.54, 1.807) is 16.2 Å². The summed E-state index contributed by atoms with van der Waals surface area (Å²) >= 11 is 1.58. The highest BCUT2D eigenvalue weighted by Gasteiger charge is 2.19. The first-order valence-electron chi connectivity index (χ1n) is 7.88. The summed E-state index contributed by atoms with van der Waals surface area (Å²) in [6.45, 7) is 9.80. The fraction of sp³-hybridized carbons (Fsp3) is 0.733. The van der Waals surface area contributed by atoms with Gasteiger partial charge in [0.25, 0.3) is 0 Å². The van der Waals surface area contributed by atoms with Crippen molar-refractivity contribution in [1.29, 1.82) is 0 Å². The summed E-state index contributed by atoms with van der Waals surface area (Å²) < 4.78 is 0. The standard InChI is InChI=1S/C15H26N4OS/c1-4-18(5-2)15(20)17-14-16-10-13(21-14)11-19-9-7-6-8-12(19)3/h10,12H,4-9,11H2,1-3H3,(H,16,17,20). The van der Waals surface area contributed by atoms with Crippen molar-refractivity contribution in [2.45, 2.75) is 52.6 Å². The van der Waals surface area contributed by atoms with Gasteiger partial charge in [-0.25, -0.2) is 9.78 Å². The fourth-order valence-electron chi connectivity index (χ4n) is 2.71. The number of nitrogens with zero attached hydrogens (tertiary/aromatic N) is 3. The molecule has 1 aromatic rings. The maximum atomic E-state index is 12.0. The molecule has 0 saturated carbocycles. The van der Waals surface area contributed by atoms with Crippen molar-refractivity contribution in [2.24, 2.45) is 0 Å². The van der Waals surface area contributed by atoms with Crippen LogP contribution >= 0.6 is 11.3 Å². The predicted molar refractivity (Wildman–Crippen MR) is 87.8 cm³/mol. The molecule has 2 rings (SSSR count). The van der Waals surface area contributed by atoms with Crippen LogP contribution < -0.4 is 5.32 Å². The van der Waals surface area contributed by atoms with Crippen molar-refractivity contribution in [1.82, 2.24) is 14.8 Å². The summed E-state index contributed by atoms with van der Waals surface area (Å²) in [5.74, 6) is 0. The van der Waals surface area contributed by atoms with Gasteiger partial charge >= 0.3 is 6.03 Å². The number of piperidine rings is 1. The molecule has 118 valence electrons. The normalized spacial score (nSPS) is 19.5. The number of urea groups is 1. The number of hydrogen-bond acceptors (Lipinski definition) is 4. The third kappa shape index (κ3) is 4.41. The van der Waals surface area contributed by atoms with Crippen molar-refractivity contribution in [3.8, 4) is 0 Å². The third-order valence-corrected chi connectivity index (χ3v) is 5.02. The minimum absolute atomic E-state index is 0.0627. The lowest BCUT2D eigenvalue weighted by atomic mass is 10.0. The summed E-state index contributed by atoms with van der Waals surface area (Å²) in [5.41, 5.74) is 0. The number of thiazole rings is 1. The van der Waals surface area contributed by atoms with E-state index in [1.165, 1.54) is 30.7 Å². The second kappa shape index (κ2) is 7.75. The minimum atomic E-state index is -0.0627. The first kappa shape index (κ1) is 16.2. The van der Waals surface area contributed by atoms with E-state index in [9.17, 15) is 4.79 Å². The van der Waals surface area contributed by atoms with E-state index >= 15 is 0 Å². The highest BCUT2D eigenvalue weighted by atomic mass is 32.1. The van der Waals surface area contributed by atoms with Gasteiger partial charge in [-0.2, -0.15) is 0 Å². The van der Waals surface area contributed by atoms with Gasteiger partial charge in [-0.3, -0.25) is 10.2 Å². The number of hydrogen-bond donors (Lipinski definition) is 1. The lowest BCUT2D eigenvalue weighted by Crippen LogP contribution is -2.36. The molecule has 1 saturated heterocycles. The molecule has 1 atom stereocenters. The van der Waals surface area contributed by atoms with Crippen LogP contribution in [-0.4, -0.2) is 46.5 Å². The zero-order valence-corrected chi connectivity index (χ0v) is 14.1. The number of likely N-dealkylation sites (tertiary alicyclic amines) is 1. The molecule has 21 heavy (non-hydrogen) atoms. The number of aromatic nitrogens is 1. The molecule has 0 aliphatic carbocycles. The average Bonchev–Trinajstić information content (AvgIpc) is 2.90. The molecule has 0 spiro atoms. The molecule has 2 amide bonds. The van der Waals surface area contributed by atoms with Crippen LogP contribution in [0.5, 0.6) is 0 Å². The number of amides is 2. The SMILES string of the molecule is CCN(CC)C(=O)Nc1ncc(CN2CCCCC2C)s1. The van der Waals surface area contributed by atoms with Crippen molar-refractivity contribution >= 4 is 22.5 Å². The minimum Gasteiger partial charge on any atom is -0.325 e. The molecule has 1 unspecified atom stereocenters. The fourth-order valence-corrected chi connectivity index (χ4v) is 3.54. The van der Waals surface area contributed by atoms with Gasteiger partial charge in [-0.05, 0) is 40.2 Å². The third-order valence-electron chi connectivity index (χ3n) is 4.12. The maximum Gasteiger partial charge on any atom is 0.323 e. The van der Waals surface area contributed by atoms with Crippen LogP contribution in [0.4, 0.5) is 9.93 Å². The lowest BCUT2D eigenvalue weighted by Gasteiger charge is -2.32. The van der Waals surface area contributed by atoms with Crippen LogP contribution in [-0.2, 0) is 6.54 Å². The number of anilines is 1. The molecule has 1 fully saturated rings. The summed E-state index contributed by atoms with van der Waals surface area (Å²) in [6.07, 6.45) is 5.80. The zero-order valence-electron chi connectivity index (χ0n) is 13.3. The van der Waals surface area contributed by atoms with E-state index in [4.69, 9.17) is 0 Å². The van der Waals surface area contributed by atoms with E-state index in [1.807, 2.05) is 20.0 Å². The van der Waals surface area contributed by atoms with Gasteiger partial charge in [0.05, 0.1) is 0 Å². The van der Waals surface area contributed by atoms with E-state index < -0.39 is 0 Å². The van der Waals surface area contributed by atoms with Gasteiger partial charge in [0.15, 0.2) is 5.13 Å². The van der Waals surface area contributed by atoms with Gasteiger partial charge in [-0.1, -0.05) is 6.42 Å². The van der Waals surface area contributed by atoms with Crippen LogP contribution in [0.2, 0.25) is 0 Å². The second-order valence-corrected chi connectivity index (χ2v) is 6.66. The summed E-state index contributed by atoms with van der Waals surface area (Å²) in [6, 6.07) is 0.585. The average molecular weight is 310 g/mol. The molecule has 1 aliphatic heterocycles. The molecule has 1 N–H and O–H groups in total. The van der Waals surface area contributed by atoms with Gasteiger partial charge < -0.3 is 4.90 Å². The van der Waals surface area contributed by atoms with E-state index in [2.05, 4.69) is 22.1 Å². The van der Waals surface area contributed by atoms with Gasteiger partial charge in [0, 0.05) is 36.8 Å². The summed E-state index contributed by atoms with van der Waals surface area (Å²) in [5, 5.41) is 3.59. The Morgan fingerprint density at radius 1 is 1.48 bits per heavy atom. The van der Waals surface area contributed by atoms with Gasteiger partial charge in [0.1, 0.15) is 0 Å². The Labute approximate surface area is 131 Å². The number of carbonyl (C=O) groups is 1. The Bertz CT molecular complexity index is 458. The summed E-state index contributed by atoms with van der Waals surface area (Å²) in [4.78, 5) is 21.8. The van der Waals surface area contributed by atoms with E-state index in [0.29, 0.717) is 24.3 Å². The molecular formula is C15H26N4OS. The topological polar surface area (TPSA) is 48.5 Å². The van der Waals surface area contributed by atoms with E-state index in [0.717, 1.165) is 6.54 Å². The molecule has 0 bridgehead atoms. The van der Waals surface area contributed by atoms with Crippen LogP contribution in [0, 0.1) is 0 Å². The van der Waals surface area contributed by atoms with Crippen LogP contribution in [0.15, 0.2) is 6.20 Å². The highest BCUT2D eigenvalue weighted by Crippen LogP contribution is 2.24. The summed E-state index contributed by atoms with van der Waals surface area (Å²) in [7, 11) is 0. The van der Waals surface area contributed by atoms with Crippen LogP contribution in [0.25, 0.3) is 0 Å². The Hall–Kier alpha value is -1.14. The zero-order chi connectivity index (χ0) is 15.2. The smallest absolute Gasteiger partial charge is 0.323 e. The Balaban J connectivity index is 1.90. The molecule has 2 heterocycles. The molecule has 0 aromatic carbocycles. The Morgan fingerprint density at radius 3 is 2.90 bits per heavy atom. The van der Waals surface area contributed by atoms with Crippen molar-refractivity contribution in [3.63, 3.8) is 0 Å². The first-order valence-corrected chi connectivity index (χ1v) is 8.70. The highest BCUT2D eigenvalue weighted by molar-refractivity contribution is 7.15. The lowest BCUT2D eigenvalue weighted by molar-refractivity contribution is 0.154. The molecule has 6 heteroatoms. The number of carbonyl (C=O) groups excluding carboxylic acids is 1. The molecule has 0 radical (unpaired) electrons. The second-order valence-electron chi connectivity index (χ2n) is 5.55. The molecule has 1 aliphatic rings. The predicted octanol–water partition coefficient (Wildman–Crippen LogP) is 3.39. The van der Waals surface area contributed by atoms with Crippen molar-refractivity contribution in [2.75, 3.05) is 25.0 Å². The van der Waals surface area contributed by atoms with Crippen LogP contribution in [0.1, 0.15) is 44.9 Å². The van der Waals surface area contributed by atoms with Gasteiger partial charge in [0.2, 0.25) is 0 Å². The maximum absolute atomic E-state index is 12.0. The number of rotatable bonds is 5.